The molecule has 4 heteroatoms. The maximum atomic E-state index is 11.9. The van der Waals surface area contributed by atoms with Crippen molar-refractivity contribution in [2.24, 2.45) is 17.8 Å². The highest BCUT2D eigenvalue weighted by Gasteiger charge is 2.45. The van der Waals surface area contributed by atoms with Crippen molar-refractivity contribution in [3.05, 3.63) is 23.8 Å². The molecule has 0 amide bonds. The van der Waals surface area contributed by atoms with E-state index in [0.29, 0.717) is 6.61 Å². The van der Waals surface area contributed by atoms with Gasteiger partial charge in [-0.1, -0.05) is 19.1 Å². The Labute approximate surface area is 119 Å². The molecule has 0 unspecified atom stereocenters. The summed E-state index contributed by atoms with van der Waals surface area (Å²) in [7, 11) is 1.61. The molecular weight excluding hydrogens is 256 g/mol. The monoisotopic (exact) mass is 278 g/mol. The Morgan fingerprint density at radius 2 is 2.30 bits per heavy atom. The normalized spacial score (nSPS) is 33.5. The molecule has 1 aliphatic carbocycles. The van der Waals surface area contributed by atoms with Gasteiger partial charge in [0.2, 0.25) is 0 Å². The first-order chi connectivity index (χ1) is 9.52. The second-order valence-corrected chi connectivity index (χ2v) is 5.72. The van der Waals surface area contributed by atoms with Crippen LogP contribution in [0, 0.1) is 17.8 Å². The van der Waals surface area contributed by atoms with Crippen LogP contribution in [0.5, 0.6) is 0 Å². The summed E-state index contributed by atoms with van der Waals surface area (Å²) in [6.45, 7) is 4.07. The van der Waals surface area contributed by atoms with E-state index >= 15 is 0 Å². The van der Waals surface area contributed by atoms with E-state index in [1.807, 2.05) is 6.08 Å². The highest BCUT2D eigenvalue weighted by atomic mass is 16.6. The summed E-state index contributed by atoms with van der Waals surface area (Å²) in [5, 5.41) is 0. The number of rotatable bonds is 4. The van der Waals surface area contributed by atoms with Crippen LogP contribution >= 0.6 is 0 Å². The molecule has 0 radical (unpaired) electrons. The van der Waals surface area contributed by atoms with Crippen LogP contribution < -0.4 is 0 Å². The molecule has 0 saturated carbocycles. The zero-order valence-corrected chi connectivity index (χ0v) is 12.3. The minimum atomic E-state index is -0.162. The van der Waals surface area contributed by atoms with Gasteiger partial charge in [0, 0.05) is 13.0 Å². The van der Waals surface area contributed by atoms with Gasteiger partial charge in [0.1, 0.15) is 6.10 Å². The van der Waals surface area contributed by atoms with Crippen molar-refractivity contribution in [3.8, 4) is 0 Å². The molecule has 0 spiro atoms. The zero-order valence-electron chi connectivity index (χ0n) is 12.3. The largest absolute Gasteiger partial charge is 0.462 e. The second kappa shape index (κ2) is 6.35. The molecular formula is C16H22O4. The summed E-state index contributed by atoms with van der Waals surface area (Å²) in [4.78, 5) is 22.9. The molecule has 1 fully saturated rings. The van der Waals surface area contributed by atoms with Crippen LogP contribution in [0.4, 0.5) is 0 Å². The SMILES string of the molecule is COC[C@H]1C(=O)O[C@@H]2C[C@H](C)C(/C=C/C(C)=O)=CC[C@@H]21. The van der Waals surface area contributed by atoms with Crippen molar-refractivity contribution in [3.63, 3.8) is 0 Å². The van der Waals surface area contributed by atoms with Gasteiger partial charge in [-0.3, -0.25) is 9.59 Å². The molecule has 4 atom stereocenters. The molecule has 20 heavy (non-hydrogen) atoms. The van der Waals surface area contributed by atoms with Crippen LogP contribution in [-0.4, -0.2) is 31.6 Å². The quantitative estimate of drug-likeness (QED) is 0.585. The number of carbonyl (C=O) groups excluding carboxylic acids is 2. The Morgan fingerprint density at radius 1 is 1.55 bits per heavy atom. The lowest BCUT2D eigenvalue weighted by molar-refractivity contribution is -0.145. The maximum absolute atomic E-state index is 11.9. The van der Waals surface area contributed by atoms with Gasteiger partial charge in [0.05, 0.1) is 12.5 Å². The molecule has 1 aliphatic heterocycles. The topological polar surface area (TPSA) is 52.6 Å². The molecule has 1 heterocycles. The first-order valence-corrected chi connectivity index (χ1v) is 7.11. The van der Waals surface area contributed by atoms with Crippen molar-refractivity contribution in [2.45, 2.75) is 32.8 Å². The molecule has 0 N–H and O–H groups in total. The van der Waals surface area contributed by atoms with E-state index in [2.05, 4.69) is 13.0 Å². The van der Waals surface area contributed by atoms with Crippen molar-refractivity contribution in [1.29, 1.82) is 0 Å². The van der Waals surface area contributed by atoms with Crippen LogP contribution in [0.3, 0.4) is 0 Å². The van der Waals surface area contributed by atoms with Crippen LogP contribution in [0.2, 0.25) is 0 Å². The maximum Gasteiger partial charge on any atom is 0.312 e. The highest BCUT2D eigenvalue weighted by molar-refractivity contribution is 5.87. The number of allylic oxidation sites excluding steroid dienone is 4. The minimum absolute atomic E-state index is 0.0304. The Balaban J connectivity index is 2.15. The summed E-state index contributed by atoms with van der Waals surface area (Å²) in [6, 6.07) is 0. The van der Waals surface area contributed by atoms with Gasteiger partial charge in [0.25, 0.3) is 0 Å². The summed E-state index contributed by atoms with van der Waals surface area (Å²) < 4.78 is 10.6. The van der Waals surface area contributed by atoms with Crippen molar-refractivity contribution in [2.75, 3.05) is 13.7 Å². The van der Waals surface area contributed by atoms with Gasteiger partial charge in [-0.05, 0) is 37.3 Å². The Kier molecular flexibility index (Phi) is 4.76. The molecule has 1 saturated heterocycles. The fraction of sp³-hybridized carbons (Fsp3) is 0.625. The molecule has 0 aromatic rings. The zero-order chi connectivity index (χ0) is 14.7. The number of ether oxygens (including phenoxy) is 2. The summed E-state index contributed by atoms with van der Waals surface area (Å²) in [6.07, 6.45) is 7.21. The van der Waals surface area contributed by atoms with E-state index in [0.717, 1.165) is 18.4 Å². The lowest BCUT2D eigenvalue weighted by atomic mass is 9.86. The fourth-order valence-corrected chi connectivity index (χ4v) is 3.07. The fourth-order valence-electron chi connectivity index (χ4n) is 3.07. The van der Waals surface area contributed by atoms with Crippen LogP contribution in [0.15, 0.2) is 23.8 Å². The van der Waals surface area contributed by atoms with E-state index in [1.165, 1.54) is 0 Å². The van der Waals surface area contributed by atoms with Crippen molar-refractivity contribution in [1.82, 2.24) is 0 Å². The number of hydrogen-bond donors (Lipinski definition) is 0. The average molecular weight is 278 g/mol. The highest BCUT2D eigenvalue weighted by Crippen LogP contribution is 2.39. The number of esters is 1. The van der Waals surface area contributed by atoms with Gasteiger partial charge in [-0.15, -0.1) is 0 Å². The standard InChI is InChI=1S/C16H22O4/c1-10-8-15-13(14(9-19-3)16(18)20-15)7-6-12(10)5-4-11(2)17/h4-6,10,13-15H,7-9H2,1-3H3/b5-4+/t10-,13+,14+,15+/m0/s1. The average Bonchev–Trinajstić information content (AvgIpc) is 2.57. The van der Waals surface area contributed by atoms with Crippen molar-refractivity contribution < 1.29 is 19.1 Å². The number of carbonyl (C=O) groups is 2. The lowest BCUT2D eigenvalue weighted by Gasteiger charge is -2.18. The molecule has 2 aliphatic rings. The summed E-state index contributed by atoms with van der Waals surface area (Å²) in [5.74, 6) is 0.226. The number of fused-ring (bicyclic) bond motifs is 1. The Bertz CT molecular complexity index is 449. The third-order valence-electron chi connectivity index (χ3n) is 4.20. The molecule has 0 aromatic carbocycles. The van der Waals surface area contributed by atoms with Gasteiger partial charge in [-0.2, -0.15) is 0 Å². The molecule has 2 rings (SSSR count). The van der Waals surface area contributed by atoms with Gasteiger partial charge >= 0.3 is 5.97 Å². The Morgan fingerprint density at radius 3 is 2.95 bits per heavy atom. The predicted molar refractivity (Wildman–Crippen MR) is 75.0 cm³/mol. The molecule has 0 aromatic heterocycles. The first kappa shape index (κ1) is 15.0. The number of hydrogen-bond acceptors (Lipinski definition) is 4. The third-order valence-corrected chi connectivity index (χ3v) is 4.20. The van der Waals surface area contributed by atoms with Crippen LogP contribution in [-0.2, 0) is 19.1 Å². The van der Waals surface area contributed by atoms with Gasteiger partial charge in [0.15, 0.2) is 5.78 Å². The minimum Gasteiger partial charge on any atom is -0.462 e. The van der Waals surface area contributed by atoms with E-state index in [-0.39, 0.29) is 35.6 Å². The first-order valence-electron chi connectivity index (χ1n) is 7.11. The van der Waals surface area contributed by atoms with E-state index in [1.54, 1.807) is 20.1 Å². The summed E-state index contributed by atoms with van der Waals surface area (Å²) >= 11 is 0. The number of methoxy groups -OCH3 is 1. The third kappa shape index (κ3) is 3.18. The van der Waals surface area contributed by atoms with Crippen LogP contribution in [0.1, 0.15) is 26.7 Å². The molecule has 110 valence electrons. The summed E-state index contributed by atoms with van der Waals surface area (Å²) in [5.41, 5.74) is 1.15. The molecule has 0 bridgehead atoms. The van der Waals surface area contributed by atoms with Crippen LogP contribution in [0.25, 0.3) is 0 Å². The lowest BCUT2D eigenvalue weighted by Crippen LogP contribution is -2.24. The smallest absolute Gasteiger partial charge is 0.312 e. The van der Waals surface area contributed by atoms with Gasteiger partial charge in [-0.25, -0.2) is 0 Å². The predicted octanol–water partition coefficient (Wildman–Crippen LogP) is 2.29. The van der Waals surface area contributed by atoms with Crippen molar-refractivity contribution >= 4 is 11.8 Å². The molecule has 4 nitrogen and oxygen atoms in total. The Hall–Kier alpha value is -1.42. The second-order valence-electron chi connectivity index (χ2n) is 5.72. The van der Waals surface area contributed by atoms with E-state index in [4.69, 9.17) is 9.47 Å². The van der Waals surface area contributed by atoms with E-state index in [9.17, 15) is 9.59 Å². The van der Waals surface area contributed by atoms with Gasteiger partial charge < -0.3 is 9.47 Å². The van der Waals surface area contributed by atoms with E-state index < -0.39 is 0 Å². The number of ketones is 1.